The summed E-state index contributed by atoms with van der Waals surface area (Å²) in [6.07, 6.45) is 4.15. The van der Waals surface area contributed by atoms with E-state index in [9.17, 15) is 9.18 Å². The van der Waals surface area contributed by atoms with Crippen LogP contribution < -0.4 is 5.32 Å². The van der Waals surface area contributed by atoms with Crippen LogP contribution >= 0.6 is 0 Å². The van der Waals surface area contributed by atoms with Gasteiger partial charge < -0.3 is 5.32 Å². The minimum Gasteiger partial charge on any atom is -0.322 e. The van der Waals surface area contributed by atoms with Crippen molar-refractivity contribution in [2.24, 2.45) is 0 Å². The maximum atomic E-state index is 13.8. The standard InChI is InChI=1S/C19H19FN4O/c1-11-3-6-15(20)16(9-11)22-17(25)10-24-19-18(12(2)23-24)14(7-8-21-19)13-4-5-13/h3,6-9,13H,4-5,10H2,1-2H3,(H,22,25). The summed E-state index contributed by atoms with van der Waals surface area (Å²) in [4.78, 5) is 16.8. The highest BCUT2D eigenvalue weighted by atomic mass is 19.1. The van der Waals surface area contributed by atoms with Crippen LogP contribution in [0.5, 0.6) is 0 Å². The number of hydrogen-bond donors (Lipinski definition) is 1. The first-order valence-electron chi connectivity index (χ1n) is 8.41. The molecule has 0 atom stereocenters. The van der Waals surface area contributed by atoms with Gasteiger partial charge in [-0.1, -0.05) is 6.07 Å². The second-order valence-electron chi connectivity index (χ2n) is 6.65. The molecule has 1 fully saturated rings. The highest BCUT2D eigenvalue weighted by Crippen LogP contribution is 2.43. The smallest absolute Gasteiger partial charge is 0.246 e. The van der Waals surface area contributed by atoms with Crippen molar-refractivity contribution in [2.45, 2.75) is 39.2 Å². The second kappa shape index (κ2) is 5.95. The summed E-state index contributed by atoms with van der Waals surface area (Å²) in [5.41, 5.74) is 3.91. The molecule has 5 nitrogen and oxygen atoms in total. The first-order chi connectivity index (χ1) is 12.0. The molecule has 0 saturated heterocycles. The van der Waals surface area contributed by atoms with Crippen molar-refractivity contribution in [2.75, 3.05) is 5.32 Å². The van der Waals surface area contributed by atoms with Gasteiger partial charge in [0.05, 0.1) is 11.4 Å². The number of amides is 1. The van der Waals surface area contributed by atoms with E-state index < -0.39 is 5.82 Å². The van der Waals surface area contributed by atoms with Gasteiger partial charge in [0.1, 0.15) is 12.4 Å². The summed E-state index contributed by atoms with van der Waals surface area (Å²) >= 11 is 0. The predicted molar refractivity (Wildman–Crippen MR) is 94.0 cm³/mol. The van der Waals surface area contributed by atoms with Crippen LogP contribution in [0.15, 0.2) is 30.5 Å². The molecule has 1 saturated carbocycles. The van der Waals surface area contributed by atoms with Crippen LogP contribution in [0.4, 0.5) is 10.1 Å². The largest absolute Gasteiger partial charge is 0.322 e. The molecule has 6 heteroatoms. The van der Waals surface area contributed by atoms with Crippen LogP contribution in [0.25, 0.3) is 11.0 Å². The number of carbonyl (C=O) groups is 1. The van der Waals surface area contributed by atoms with Gasteiger partial charge in [-0.15, -0.1) is 0 Å². The Morgan fingerprint density at radius 1 is 1.32 bits per heavy atom. The average Bonchev–Trinajstić information content (AvgIpc) is 3.37. The molecule has 0 spiro atoms. The lowest BCUT2D eigenvalue weighted by atomic mass is 10.1. The Kier molecular flexibility index (Phi) is 3.75. The monoisotopic (exact) mass is 338 g/mol. The van der Waals surface area contributed by atoms with E-state index in [2.05, 4.69) is 15.4 Å². The van der Waals surface area contributed by atoms with Gasteiger partial charge in [0, 0.05) is 11.6 Å². The number of hydrogen-bond acceptors (Lipinski definition) is 3. The van der Waals surface area contributed by atoms with E-state index in [0.717, 1.165) is 16.6 Å². The van der Waals surface area contributed by atoms with Crippen molar-refractivity contribution in [1.82, 2.24) is 14.8 Å². The molecule has 1 aromatic carbocycles. The molecule has 3 aromatic rings. The van der Waals surface area contributed by atoms with Crippen molar-refractivity contribution in [1.29, 1.82) is 0 Å². The Morgan fingerprint density at radius 3 is 2.88 bits per heavy atom. The van der Waals surface area contributed by atoms with Crippen molar-refractivity contribution in [3.8, 4) is 0 Å². The third-order valence-electron chi connectivity index (χ3n) is 4.55. The fourth-order valence-corrected chi connectivity index (χ4v) is 3.22. The van der Waals surface area contributed by atoms with E-state index >= 15 is 0 Å². The van der Waals surface area contributed by atoms with Crippen molar-refractivity contribution < 1.29 is 9.18 Å². The fraction of sp³-hybridized carbons (Fsp3) is 0.316. The molecule has 1 aliphatic carbocycles. The minimum atomic E-state index is -0.449. The minimum absolute atomic E-state index is 0.00115. The molecule has 25 heavy (non-hydrogen) atoms. The lowest BCUT2D eigenvalue weighted by Crippen LogP contribution is -2.20. The van der Waals surface area contributed by atoms with Gasteiger partial charge in [0.2, 0.25) is 5.91 Å². The van der Waals surface area contributed by atoms with Crippen LogP contribution in [0.2, 0.25) is 0 Å². The third-order valence-corrected chi connectivity index (χ3v) is 4.55. The van der Waals surface area contributed by atoms with Crippen LogP contribution in [-0.2, 0) is 11.3 Å². The molecule has 0 bridgehead atoms. The van der Waals surface area contributed by atoms with Crippen molar-refractivity contribution in [3.05, 3.63) is 53.1 Å². The van der Waals surface area contributed by atoms with E-state index in [0.29, 0.717) is 11.6 Å². The highest BCUT2D eigenvalue weighted by Gasteiger charge is 2.27. The van der Waals surface area contributed by atoms with Crippen LogP contribution in [0.1, 0.15) is 35.6 Å². The van der Waals surface area contributed by atoms with Crippen molar-refractivity contribution >= 4 is 22.6 Å². The van der Waals surface area contributed by atoms with Crippen LogP contribution in [0, 0.1) is 19.7 Å². The maximum absolute atomic E-state index is 13.8. The number of carbonyl (C=O) groups excluding carboxylic acids is 1. The number of nitrogens with one attached hydrogen (secondary N) is 1. The molecule has 0 radical (unpaired) electrons. The summed E-state index contributed by atoms with van der Waals surface area (Å²) in [6.45, 7) is 3.78. The zero-order valence-corrected chi connectivity index (χ0v) is 14.2. The first-order valence-corrected chi connectivity index (χ1v) is 8.41. The zero-order chi connectivity index (χ0) is 17.6. The molecule has 2 heterocycles. The maximum Gasteiger partial charge on any atom is 0.246 e. The van der Waals surface area contributed by atoms with Gasteiger partial charge in [0.25, 0.3) is 0 Å². The number of fused-ring (bicyclic) bond motifs is 1. The summed E-state index contributed by atoms with van der Waals surface area (Å²) < 4.78 is 15.4. The van der Waals surface area contributed by atoms with E-state index in [1.807, 2.05) is 19.9 Å². The molecule has 128 valence electrons. The van der Waals surface area contributed by atoms with Gasteiger partial charge in [-0.25, -0.2) is 14.1 Å². The van der Waals surface area contributed by atoms with Crippen molar-refractivity contribution in [3.63, 3.8) is 0 Å². The van der Waals surface area contributed by atoms with Gasteiger partial charge in [-0.05, 0) is 61.9 Å². The van der Waals surface area contributed by atoms with Gasteiger partial charge >= 0.3 is 0 Å². The lowest BCUT2D eigenvalue weighted by Gasteiger charge is -2.08. The second-order valence-corrected chi connectivity index (χ2v) is 6.65. The number of rotatable bonds is 4. The molecule has 1 aliphatic rings. The summed E-state index contributed by atoms with van der Waals surface area (Å²) in [5.74, 6) is -0.195. The van der Waals surface area contributed by atoms with E-state index in [1.165, 1.54) is 24.5 Å². The Balaban J connectivity index is 1.61. The Morgan fingerprint density at radius 2 is 2.12 bits per heavy atom. The highest BCUT2D eigenvalue weighted by molar-refractivity contribution is 5.92. The predicted octanol–water partition coefficient (Wildman–Crippen LogP) is 3.70. The number of aryl methyl sites for hydroxylation is 2. The number of benzene rings is 1. The first kappa shape index (κ1) is 15.7. The van der Waals surface area contributed by atoms with E-state index in [-0.39, 0.29) is 18.1 Å². The summed E-state index contributed by atoms with van der Waals surface area (Å²) in [7, 11) is 0. The lowest BCUT2D eigenvalue weighted by molar-refractivity contribution is -0.116. The fourth-order valence-electron chi connectivity index (χ4n) is 3.22. The number of aromatic nitrogens is 3. The van der Waals surface area contributed by atoms with Crippen LogP contribution in [-0.4, -0.2) is 20.7 Å². The quantitative estimate of drug-likeness (QED) is 0.789. The van der Waals surface area contributed by atoms with E-state index in [1.54, 1.807) is 23.0 Å². The number of anilines is 1. The topological polar surface area (TPSA) is 59.8 Å². The molecular weight excluding hydrogens is 319 g/mol. The van der Waals surface area contributed by atoms with Gasteiger partial charge in [-0.3, -0.25) is 4.79 Å². The van der Waals surface area contributed by atoms with Crippen LogP contribution in [0.3, 0.4) is 0 Å². The summed E-state index contributed by atoms with van der Waals surface area (Å²) in [5, 5.41) is 8.14. The summed E-state index contributed by atoms with van der Waals surface area (Å²) in [6, 6.07) is 6.67. The molecular formula is C19H19FN4O. The Labute approximate surface area is 144 Å². The Hall–Kier alpha value is -2.76. The van der Waals surface area contributed by atoms with Gasteiger partial charge in [0.15, 0.2) is 5.65 Å². The van der Waals surface area contributed by atoms with Gasteiger partial charge in [-0.2, -0.15) is 5.10 Å². The molecule has 0 unspecified atom stereocenters. The molecule has 0 aliphatic heterocycles. The molecule has 4 rings (SSSR count). The zero-order valence-electron chi connectivity index (χ0n) is 14.2. The molecule has 1 N–H and O–H groups in total. The SMILES string of the molecule is Cc1ccc(F)c(NC(=O)Cn2nc(C)c3c(C4CC4)ccnc32)c1. The normalized spacial score (nSPS) is 14.0. The molecule has 2 aromatic heterocycles. The number of halogens is 1. The number of nitrogens with zero attached hydrogens (tertiary/aromatic N) is 3. The Bertz CT molecular complexity index is 975. The molecule has 1 amide bonds. The number of pyridine rings is 1. The third kappa shape index (κ3) is 2.99. The van der Waals surface area contributed by atoms with E-state index in [4.69, 9.17) is 0 Å². The average molecular weight is 338 g/mol.